The summed E-state index contributed by atoms with van der Waals surface area (Å²) < 4.78 is 13.0. The summed E-state index contributed by atoms with van der Waals surface area (Å²) in [6.07, 6.45) is 0.202. The molecular weight excluding hydrogens is 253 g/mol. The molecule has 0 spiro atoms. The van der Waals surface area contributed by atoms with Gasteiger partial charge < -0.3 is 5.73 Å². The molecule has 1 aromatic carbocycles. The second-order valence-corrected chi connectivity index (χ2v) is 6.10. The Bertz CT molecular complexity index is 463. The average Bonchev–Trinajstić information content (AvgIpc) is 2.21. The lowest BCUT2D eigenvalue weighted by Crippen LogP contribution is -2.52. The van der Waals surface area contributed by atoms with Crippen molar-refractivity contribution in [2.75, 3.05) is 0 Å². The molecule has 0 amide bonds. The molecule has 100 valence electrons. The number of carbonyl (C=O) groups is 1. The minimum absolute atomic E-state index is 0.0117. The first-order valence-electron chi connectivity index (χ1n) is 5.82. The molecule has 1 rings (SSSR count). The van der Waals surface area contributed by atoms with Crippen LogP contribution in [-0.2, 0) is 11.2 Å². The molecule has 0 heterocycles. The van der Waals surface area contributed by atoms with Crippen molar-refractivity contribution in [2.24, 2.45) is 11.1 Å². The minimum atomic E-state index is -0.659. The molecule has 4 heteroatoms. The van der Waals surface area contributed by atoms with E-state index in [1.54, 1.807) is 6.07 Å². The Balaban J connectivity index is 2.91. The summed E-state index contributed by atoms with van der Waals surface area (Å²) in [6.45, 7) is 7.28. The quantitative estimate of drug-likeness (QED) is 0.913. The number of hydrogen-bond acceptors (Lipinski definition) is 2. The lowest BCUT2D eigenvalue weighted by atomic mass is 9.71. The van der Waals surface area contributed by atoms with Gasteiger partial charge in [-0.05, 0) is 31.5 Å². The number of hydrogen-bond donors (Lipinski definition) is 1. The molecule has 0 saturated carbocycles. The number of halogens is 2. The zero-order valence-corrected chi connectivity index (χ0v) is 11.9. The molecular formula is C14H19ClFNO. The molecule has 0 aromatic heterocycles. The monoisotopic (exact) mass is 271 g/mol. The molecule has 2 nitrogen and oxygen atoms in total. The zero-order valence-electron chi connectivity index (χ0n) is 11.2. The number of rotatable bonds is 4. The van der Waals surface area contributed by atoms with Crippen LogP contribution < -0.4 is 5.73 Å². The van der Waals surface area contributed by atoms with Crippen LogP contribution in [0.3, 0.4) is 0 Å². The van der Waals surface area contributed by atoms with Crippen LogP contribution in [0.4, 0.5) is 4.39 Å². The first-order chi connectivity index (χ1) is 8.05. The lowest BCUT2D eigenvalue weighted by Gasteiger charge is -2.37. The van der Waals surface area contributed by atoms with Gasteiger partial charge in [-0.3, -0.25) is 4.79 Å². The van der Waals surface area contributed by atoms with Gasteiger partial charge in [0.15, 0.2) is 0 Å². The van der Waals surface area contributed by atoms with Gasteiger partial charge in [0.1, 0.15) is 11.6 Å². The van der Waals surface area contributed by atoms with E-state index in [0.29, 0.717) is 5.56 Å². The third kappa shape index (κ3) is 3.09. The molecule has 1 aromatic rings. The summed E-state index contributed by atoms with van der Waals surface area (Å²) in [4.78, 5) is 12.3. The molecule has 0 fully saturated rings. The fraction of sp³-hybridized carbons (Fsp3) is 0.500. The molecule has 0 aliphatic heterocycles. The number of ketones is 1. The maximum atomic E-state index is 13.0. The minimum Gasteiger partial charge on any atom is -0.325 e. The molecule has 0 bridgehead atoms. The van der Waals surface area contributed by atoms with E-state index in [2.05, 4.69) is 0 Å². The topological polar surface area (TPSA) is 43.1 Å². The van der Waals surface area contributed by atoms with Crippen LogP contribution >= 0.6 is 11.6 Å². The third-order valence-electron chi connectivity index (χ3n) is 3.66. The van der Waals surface area contributed by atoms with Gasteiger partial charge in [0.05, 0.1) is 5.02 Å². The highest BCUT2D eigenvalue weighted by atomic mass is 35.5. The highest BCUT2D eigenvalue weighted by Crippen LogP contribution is 2.31. The van der Waals surface area contributed by atoms with E-state index in [1.165, 1.54) is 12.1 Å². The lowest BCUT2D eigenvalue weighted by molar-refractivity contribution is -0.129. The first-order valence-corrected chi connectivity index (χ1v) is 6.19. The van der Waals surface area contributed by atoms with Gasteiger partial charge in [-0.1, -0.05) is 31.5 Å². The van der Waals surface area contributed by atoms with Gasteiger partial charge in [-0.15, -0.1) is 0 Å². The van der Waals surface area contributed by atoms with Gasteiger partial charge >= 0.3 is 0 Å². The molecule has 0 aliphatic carbocycles. The van der Waals surface area contributed by atoms with Crippen molar-refractivity contribution in [1.29, 1.82) is 0 Å². The molecule has 0 atom stereocenters. The average molecular weight is 272 g/mol. The first kappa shape index (κ1) is 15.1. The Morgan fingerprint density at radius 2 is 1.89 bits per heavy atom. The third-order valence-corrected chi connectivity index (χ3v) is 3.95. The van der Waals surface area contributed by atoms with Crippen LogP contribution in [0, 0.1) is 11.2 Å². The predicted molar refractivity (Wildman–Crippen MR) is 72.2 cm³/mol. The summed E-state index contributed by atoms with van der Waals surface area (Å²) in [7, 11) is 0. The van der Waals surface area contributed by atoms with Crippen LogP contribution in [-0.4, -0.2) is 11.3 Å². The molecule has 0 radical (unpaired) electrons. The zero-order chi connectivity index (χ0) is 14.1. The van der Waals surface area contributed by atoms with Crippen LogP contribution in [0.1, 0.15) is 33.3 Å². The molecule has 0 aliphatic rings. The van der Waals surface area contributed by atoms with E-state index in [4.69, 9.17) is 17.3 Å². The van der Waals surface area contributed by atoms with E-state index >= 15 is 0 Å². The maximum absolute atomic E-state index is 13.0. The van der Waals surface area contributed by atoms with Gasteiger partial charge in [0.25, 0.3) is 0 Å². The molecule has 0 unspecified atom stereocenters. The second-order valence-electron chi connectivity index (χ2n) is 5.70. The summed E-state index contributed by atoms with van der Waals surface area (Å²) in [5.74, 6) is -0.469. The summed E-state index contributed by atoms with van der Waals surface area (Å²) in [6, 6.07) is 4.32. The van der Waals surface area contributed by atoms with Crippen molar-refractivity contribution in [3.63, 3.8) is 0 Å². The Kier molecular flexibility index (Phi) is 4.19. The maximum Gasteiger partial charge on any atom is 0.144 e. The number of Topliss-reactive ketones (excluding diaryl/α,β-unsaturated/α-hetero) is 1. The van der Waals surface area contributed by atoms with Crippen molar-refractivity contribution in [3.8, 4) is 0 Å². The highest BCUT2D eigenvalue weighted by molar-refractivity contribution is 6.30. The fourth-order valence-corrected chi connectivity index (χ4v) is 1.62. The second kappa shape index (κ2) is 4.98. The van der Waals surface area contributed by atoms with Gasteiger partial charge in [-0.25, -0.2) is 4.39 Å². The largest absolute Gasteiger partial charge is 0.325 e. The normalized spacial score (nSPS) is 12.6. The standard InChI is InChI=1S/C14H19ClFNO/c1-13(2,14(3,4)17)12(18)8-9-5-6-11(16)10(15)7-9/h5-7H,8,17H2,1-4H3. The molecule has 18 heavy (non-hydrogen) atoms. The van der Waals surface area contributed by atoms with Crippen molar-refractivity contribution in [3.05, 3.63) is 34.6 Å². The van der Waals surface area contributed by atoms with E-state index in [1.807, 2.05) is 27.7 Å². The Hall–Kier alpha value is -0.930. The van der Waals surface area contributed by atoms with Crippen molar-refractivity contribution < 1.29 is 9.18 Å². The molecule has 0 saturated heterocycles. The summed E-state index contributed by atoms with van der Waals surface area (Å²) >= 11 is 5.69. The Morgan fingerprint density at radius 3 is 2.33 bits per heavy atom. The fourth-order valence-electron chi connectivity index (χ4n) is 1.42. The number of benzene rings is 1. The van der Waals surface area contributed by atoms with E-state index in [0.717, 1.165) is 0 Å². The van der Waals surface area contributed by atoms with Gasteiger partial charge in [-0.2, -0.15) is 0 Å². The predicted octanol–water partition coefficient (Wildman–Crippen LogP) is 3.35. The number of carbonyl (C=O) groups excluding carboxylic acids is 1. The van der Waals surface area contributed by atoms with E-state index in [9.17, 15) is 9.18 Å². The summed E-state index contributed by atoms with van der Waals surface area (Å²) in [5, 5.41) is 0.0325. The molecule has 2 N–H and O–H groups in total. The van der Waals surface area contributed by atoms with Crippen molar-refractivity contribution in [1.82, 2.24) is 0 Å². The highest BCUT2D eigenvalue weighted by Gasteiger charge is 2.39. The van der Waals surface area contributed by atoms with Crippen LogP contribution in [0.2, 0.25) is 5.02 Å². The van der Waals surface area contributed by atoms with Crippen LogP contribution in [0.15, 0.2) is 18.2 Å². The van der Waals surface area contributed by atoms with Gasteiger partial charge in [0.2, 0.25) is 0 Å². The van der Waals surface area contributed by atoms with Crippen LogP contribution in [0.25, 0.3) is 0 Å². The smallest absolute Gasteiger partial charge is 0.144 e. The van der Waals surface area contributed by atoms with Crippen LogP contribution in [0.5, 0.6) is 0 Å². The van der Waals surface area contributed by atoms with E-state index < -0.39 is 16.8 Å². The SMILES string of the molecule is CC(C)(N)C(C)(C)C(=O)Cc1ccc(F)c(Cl)c1. The van der Waals surface area contributed by atoms with Crippen molar-refractivity contribution in [2.45, 2.75) is 39.7 Å². The number of nitrogens with two attached hydrogens (primary N) is 1. The summed E-state index contributed by atoms with van der Waals surface area (Å²) in [5.41, 5.74) is 5.44. The van der Waals surface area contributed by atoms with Crippen molar-refractivity contribution >= 4 is 17.4 Å². The Labute approximate surface area is 112 Å². The van der Waals surface area contributed by atoms with E-state index in [-0.39, 0.29) is 17.2 Å². The Morgan fingerprint density at radius 1 is 1.33 bits per heavy atom. The van der Waals surface area contributed by atoms with Gasteiger partial charge in [0, 0.05) is 17.4 Å².